The zero-order valence-corrected chi connectivity index (χ0v) is 18.4. The fraction of sp³-hybridized carbons (Fsp3) is 0.231. The molecule has 160 valence electrons. The molecule has 1 atom stereocenters. The minimum atomic E-state index is -1.57. The van der Waals surface area contributed by atoms with Gasteiger partial charge in [0, 0.05) is 22.0 Å². The molecule has 3 aromatic rings. The van der Waals surface area contributed by atoms with Gasteiger partial charge in [0.05, 0.1) is 11.6 Å². The molecule has 1 aliphatic heterocycles. The number of hydrogen-bond acceptors (Lipinski definition) is 3. The van der Waals surface area contributed by atoms with Gasteiger partial charge in [-0.15, -0.1) is 0 Å². The van der Waals surface area contributed by atoms with Crippen LogP contribution >= 0.6 is 11.6 Å². The summed E-state index contributed by atoms with van der Waals surface area (Å²) in [5, 5.41) is 22.3. The van der Waals surface area contributed by atoms with Crippen LogP contribution in [-0.4, -0.2) is 16.7 Å². The molecule has 1 spiro atoms. The molecule has 1 saturated carbocycles. The second-order valence-electron chi connectivity index (χ2n) is 8.52. The first-order valence-electron chi connectivity index (χ1n) is 10.6. The molecule has 2 aliphatic rings. The highest BCUT2D eigenvalue weighted by molar-refractivity contribution is 6.30. The standard InChI is InChI=1S/C26H22ClN3O2/c1-18-4-2-5-20(16-18)26(32)25(14-3-15-25)29(22-10-6-19(17-28)7-11-22)24(31)30(26)23-12-8-21(27)9-13-23/h2,4-13,16,32H,3,14-15H2,1H3. The van der Waals surface area contributed by atoms with E-state index in [0.717, 1.165) is 12.0 Å². The molecule has 1 aliphatic carbocycles. The molecule has 32 heavy (non-hydrogen) atoms. The van der Waals surface area contributed by atoms with E-state index >= 15 is 0 Å². The van der Waals surface area contributed by atoms with Crippen LogP contribution in [0.25, 0.3) is 0 Å². The van der Waals surface area contributed by atoms with E-state index in [4.69, 9.17) is 11.6 Å². The van der Waals surface area contributed by atoms with Crippen LogP contribution in [0.15, 0.2) is 72.8 Å². The van der Waals surface area contributed by atoms with E-state index in [-0.39, 0.29) is 6.03 Å². The second-order valence-corrected chi connectivity index (χ2v) is 8.95. The first kappa shape index (κ1) is 20.6. The number of urea groups is 1. The van der Waals surface area contributed by atoms with Crippen molar-refractivity contribution < 1.29 is 9.90 Å². The number of carbonyl (C=O) groups excluding carboxylic acids is 1. The van der Waals surface area contributed by atoms with Gasteiger partial charge in [-0.1, -0.05) is 41.4 Å². The second kappa shape index (κ2) is 7.37. The highest BCUT2D eigenvalue weighted by atomic mass is 35.5. The van der Waals surface area contributed by atoms with E-state index in [0.29, 0.717) is 40.4 Å². The van der Waals surface area contributed by atoms with Gasteiger partial charge in [-0.25, -0.2) is 4.79 Å². The van der Waals surface area contributed by atoms with Gasteiger partial charge in [0.2, 0.25) is 0 Å². The quantitative estimate of drug-likeness (QED) is 0.561. The normalized spacial score (nSPS) is 21.5. The minimum Gasteiger partial charge on any atom is -0.364 e. The Morgan fingerprint density at radius 3 is 2.16 bits per heavy atom. The maximum Gasteiger partial charge on any atom is 0.332 e. The number of amides is 2. The summed E-state index contributed by atoms with van der Waals surface area (Å²) in [6.45, 7) is 1.97. The lowest BCUT2D eigenvalue weighted by Gasteiger charge is -2.52. The van der Waals surface area contributed by atoms with Gasteiger partial charge in [0.1, 0.15) is 5.54 Å². The molecule has 1 unspecified atom stereocenters. The molecule has 1 saturated heterocycles. The summed E-state index contributed by atoms with van der Waals surface area (Å²) in [5.41, 5.74) is 1.04. The van der Waals surface area contributed by atoms with Crippen LogP contribution < -0.4 is 9.80 Å². The van der Waals surface area contributed by atoms with Crippen molar-refractivity contribution >= 4 is 29.0 Å². The van der Waals surface area contributed by atoms with Crippen molar-refractivity contribution in [2.45, 2.75) is 37.5 Å². The molecule has 0 aromatic heterocycles. The van der Waals surface area contributed by atoms with E-state index in [1.807, 2.05) is 31.2 Å². The molecule has 1 heterocycles. The van der Waals surface area contributed by atoms with Crippen molar-refractivity contribution in [1.82, 2.24) is 0 Å². The molecule has 5 rings (SSSR count). The van der Waals surface area contributed by atoms with E-state index in [1.54, 1.807) is 53.4 Å². The number of rotatable bonds is 3. The summed E-state index contributed by atoms with van der Waals surface area (Å²) >= 11 is 6.11. The zero-order chi connectivity index (χ0) is 22.5. The number of aryl methyl sites for hydroxylation is 1. The molecule has 0 bridgehead atoms. The monoisotopic (exact) mass is 443 g/mol. The molecule has 3 aromatic carbocycles. The number of nitriles is 1. The minimum absolute atomic E-state index is 0.305. The van der Waals surface area contributed by atoms with Gasteiger partial charge in [-0.2, -0.15) is 5.26 Å². The maximum absolute atomic E-state index is 14.0. The number of anilines is 2. The predicted octanol–water partition coefficient (Wildman–Crippen LogP) is 5.73. The van der Waals surface area contributed by atoms with E-state index in [9.17, 15) is 15.2 Å². The van der Waals surface area contributed by atoms with Gasteiger partial charge >= 0.3 is 6.03 Å². The Morgan fingerprint density at radius 1 is 0.969 bits per heavy atom. The Kier molecular flexibility index (Phi) is 4.74. The van der Waals surface area contributed by atoms with Gasteiger partial charge in [0.15, 0.2) is 5.72 Å². The smallest absolute Gasteiger partial charge is 0.332 e. The van der Waals surface area contributed by atoms with Crippen molar-refractivity contribution in [1.29, 1.82) is 5.26 Å². The first-order valence-corrected chi connectivity index (χ1v) is 11.0. The molecule has 5 nitrogen and oxygen atoms in total. The number of benzene rings is 3. The third kappa shape index (κ3) is 2.77. The molecule has 2 fully saturated rings. The largest absolute Gasteiger partial charge is 0.364 e. The van der Waals surface area contributed by atoms with Crippen molar-refractivity contribution in [3.8, 4) is 6.07 Å². The van der Waals surface area contributed by atoms with Crippen LogP contribution in [0.4, 0.5) is 16.2 Å². The average Bonchev–Trinajstić information content (AvgIpc) is 2.99. The third-order valence-electron chi connectivity index (χ3n) is 6.72. The topological polar surface area (TPSA) is 67.6 Å². The average molecular weight is 444 g/mol. The van der Waals surface area contributed by atoms with Gasteiger partial charge < -0.3 is 5.11 Å². The summed E-state index contributed by atoms with van der Waals surface area (Å²) < 4.78 is 0. The Hall–Kier alpha value is -3.33. The van der Waals surface area contributed by atoms with Crippen LogP contribution in [0, 0.1) is 18.3 Å². The maximum atomic E-state index is 14.0. The van der Waals surface area contributed by atoms with Crippen LogP contribution in [0.1, 0.15) is 36.0 Å². The van der Waals surface area contributed by atoms with E-state index in [1.165, 1.54) is 4.90 Å². The molecular weight excluding hydrogens is 422 g/mol. The number of halogens is 1. The van der Waals surface area contributed by atoms with Crippen LogP contribution in [0.2, 0.25) is 5.02 Å². The summed E-state index contributed by atoms with van der Waals surface area (Å²) in [5.74, 6) is 0. The van der Waals surface area contributed by atoms with Crippen molar-refractivity contribution in [3.63, 3.8) is 0 Å². The molecule has 6 heteroatoms. The number of hydrogen-bond donors (Lipinski definition) is 1. The van der Waals surface area contributed by atoms with Crippen molar-refractivity contribution in [2.24, 2.45) is 0 Å². The summed E-state index contributed by atoms with van der Waals surface area (Å²) in [6, 6.07) is 23.4. The fourth-order valence-electron chi connectivity index (χ4n) is 5.06. The summed E-state index contributed by atoms with van der Waals surface area (Å²) in [7, 11) is 0. The SMILES string of the molecule is Cc1cccc(C2(O)N(c3ccc(Cl)cc3)C(=O)N(c3ccc(C#N)cc3)C23CCC3)c1. The van der Waals surface area contributed by atoms with Crippen LogP contribution in [-0.2, 0) is 5.72 Å². The van der Waals surface area contributed by atoms with Gasteiger partial charge in [-0.3, -0.25) is 9.80 Å². The Balaban J connectivity index is 1.75. The van der Waals surface area contributed by atoms with Gasteiger partial charge in [-0.05, 0) is 74.7 Å². The zero-order valence-electron chi connectivity index (χ0n) is 17.6. The Morgan fingerprint density at radius 2 is 1.59 bits per heavy atom. The molecular formula is C26H22ClN3O2. The highest BCUT2D eigenvalue weighted by Gasteiger charge is 2.70. The lowest BCUT2D eigenvalue weighted by atomic mass is 9.66. The fourth-order valence-corrected chi connectivity index (χ4v) is 5.19. The lowest BCUT2D eigenvalue weighted by Crippen LogP contribution is -2.63. The van der Waals surface area contributed by atoms with Crippen molar-refractivity contribution in [3.05, 3.63) is 94.5 Å². The van der Waals surface area contributed by atoms with E-state index in [2.05, 4.69) is 6.07 Å². The first-order chi connectivity index (χ1) is 15.4. The molecule has 1 N–H and O–H groups in total. The Labute approximate surface area is 192 Å². The van der Waals surface area contributed by atoms with E-state index < -0.39 is 11.3 Å². The van der Waals surface area contributed by atoms with Crippen LogP contribution in [0.5, 0.6) is 0 Å². The van der Waals surface area contributed by atoms with Gasteiger partial charge in [0.25, 0.3) is 0 Å². The van der Waals surface area contributed by atoms with Crippen molar-refractivity contribution in [2.75, 3.05) is 9.80 Å². The van der Waals surface area contributed by atoms with Crippen LogP contribution in [0.3, 0.4) is 0 Å². The number of nitrogens with zero attached hydrogens (tertiary/aromatic N) is 3. The lowest BCUT2D eigenvalue weighted by molar-refractivity contribution is -0.0525. The third-order valence-corrected chi connectivity index (χ3v) is 6.98. The molecule has 0 radical (unpaired) electrons. The number of aliphatic hydroxyl groups is 1. The number of carbonyl (C=O) groups is 1. The summed E-state index contributed by atoms with van der Waals surface area (Å²) in [4.78, 5) is 17.2. The predicted molar refractivity (Wildman–Crippen MR) is 125 cm³/mol. The highest BCUT2D eigenvalue weighted by Crippen LogP contribution is 2.59. The summed E-state index contributed by atoms with van der Waals surface area (Å²) in [6.07, 6.45) is 2.23. The Bertz CT molecular complexity index is 1230. The molecule has 2 amide bonds.